The van der Waals surface area contributed by atoms with Gasteiger partial charge in [0, 0.05) is 43.6 Å². The summed E-state index contributed by atoms with van der Waals surface area (Å²) in [6, 6.07) is 9.75. The smallest absolute Gasteiger partial charge is 0.319 e. The zero-order valence-corrected chi connectivity index (χ0v) is 17.9. The van der Waals surface area contributed by atoms with Crippen LogP contribution in [0.3, 0.4) is 0 Å². The minimum Gasteiger partial charge on any atom is -0.356 e. The minimum absolute atomic E-state index is 0.0962. The molecule has 1 saturated heterocycles. The molecule has 2 heterocycles. The van der Waals surface area contributed by atoms with Crippen molar-refractivity contribution in [3.05, 3.63) is 41.6 Å². The molecule has 3 rings (SSSR count). The fraction of sp³-hybridized carbons (Fsp3) is 0.500. The van der Waals surface area contributed by atoms with Gasteiger partial charge in [-0.1, -0.05) is 32.9 Å². The summed E-state index contributed by atoms with van der Waals surface area (Å²) in [4.78, 5) is 23.4. The number of aryl methyl sites for hydroxylation is 1. The van der Waals surface area contributed by atoms with E-state index in [-0.39, 0.29) is 11.4 Å². The third kappa shape index (κ3) is 6.07. The highest BCUT2D eigenvalue weighted by atomic mass is 16.2. The van der Waals surface area contributed by atoms with Gasteiger partial charge in [-0.25, -0.2) is 9.78 Å². The molecule has 1 aliphatic rings. The Morgan fingerprint density at radius 3 is 2.41 bits per heavy atom. The predicted molar refractivity (Wildman–Crippen MR) is 119 cm³/mol. The van der Waals surface area contributed by atoms with E-state index < -0.39 is 0 Å². The molecule has 1 aliphatic heterocycles. The van der Waals surface area contributed by atoms with Gasteiger partial charge in [-0.3, -0.25) is 0 Å². The Hall–Kier alpha value is -2.83. The third-order valence-electron chi connectivity index (χ3n) is 4.97. The van der Waals surface area contributed by atoms with E-state index in [9.17, 15) is 4.79 Å². The largest absolute Gasteiger partial charge is 0.356 e. The Morgan fingerprint density at radius 1 is 1.07 bits per heavy atom. The Morgan fingerprint density at radius 2 is 1.76 bits per heavy atom. The molecule has 7 nitrogen and oxygen atoms in total. The SMILES string of the molecule is Cc1cc(N2CCCC2)nc(NCCNC(=O)Nc2ccc(C(C)(C)C)cc2)n1. The van der Waals surface area contributed by atoms with Crippen molar-refractivity contribution in [1.29, 1.82) is 0 Å². The summed E-state index contributed by atoms with van der Waals surface area (Å²) in [6.07, 6.45) is 2.42. The molecule has 0 radical (unpaired) electrons. The number of anilines is 3. The fourth-order valence-corrected chi connectivity index (χ4v) is 3.32. The van der Waals surface area contributed by atoms with Crippen molar-refractivity contribution in [1.82, 2.24) is 15.3 Å². The van der Waals surface area contributed by atoms with Crippen molar-refractivity contribution in [2.24, 2.45) is 0 Å². The van der Waals surface area contributed by atoms with Gasteiger partial charge in [0.2, 0.25) is 5.95 Å². The molecule has 3 N–H and O–H groups in total. The van der Waals surface area contributed by atoms with E-state index in [1.807, 2.05) is 37.3 Å². The van der Waals surface area contributed by atoms with E-state index in [0.717, 1.165) is 30.3 Å². The molecule has 7 heteroatoms. The zero-order valence-electron chi connectivity index (χ0n) is 17.9. The molecule has 0 bridgehead atoms. The number of aromatic nitrogens is 2. The van der Waals surface area contributed by atoms with E-state index in [1.54, 1.807) is 0 Å². The summed E-state index contributed by atoms with van der Waals surface area (Å²) >= 11 is 0. The van der Waals surface area contributed by atoms with Gasteiger partial charge < -0.3 is 20.9 Å². The molecule has 156 valence electrons. The quantitative estimate of drug-likeness (QED) is 0.645. The summed E-state index contributed by atoms with van der Waals surface area (Å²) in [5.41, 5.74) is 3.05. The number of nitrogens with zero attached hydrogens (tertiary/aromatic N) is 3. The Bertz CT molecular complexity index is 822. The lowest BCUT2D eigenvalue weighted by molar-refractivity contribution is 0.252. The van der Waals surface area contributed by atoms with Crippen LogP contribution in [-0.4, -0.2) is 42.2 Å². The van der Waals surface area contributed by atoms with Crippen LogP contribution in [0.4, 0.5) is 22.2 Å². The molecule has 0 saturated carbocycles. The van der Waals surface area contributed by atoms with Gasteiger partial charge in [0.15, 0.2) is 0 Å². The van der Waals surface area contributed by atoms with E-state index in [0.29, 0.717) is 19.0 Å². The van der Waals surface area contributed by atoms with Crippen molar-refractivity contribution in [2.75, 3.05) is 41.7 Å². The normalized spacial score (nSPS) is 14.0. The molecule has 2 amide bonds. The average molecular weight is 397 g/mol. The van der Waals surface area contributed by atoms with Crippen LogP contribution < -0.4 is 20.9 Å². The molecular weight excluding hydrogens is 364 g/mol. The maximum absolute atomic E-state index is 12.1. The van der Waals surface area contributed by atoms with Crippen LogP contribution in [0.25, 0.3) is 0 Å². The summed E-state index contributed by atoms with van der Waals surface area (Å²) < 4.78 is 0. The van der Waals surface area contributed by atoms with Crippen molar-refractivity contribution in [2.45, 2.75) is 46.0 Å². The summed E-state index contributed by atoms with van der Waals surface area (Å²) in [6.45, 7) is 11.6. The Kier molecular flexibility index (Phi) is 6.56. The van der Waals surface area contributed by atoms with Gasteiger partial charge >= 0.3 is 6.03 Å². The number of hydrogen-bond donors (Lipinski definition) is 3. The topological polar surface area (TPSA) is 82.2 Å². The van der Waals surface area contributed by atoms with Crippen molar-refractivity contribution in [3.8, 4) is 0 Å². The number of amides is 2. The molecular formula is C22H32N6O. The molecule has 1 aromatic carbocycles. The highest BCUT2D eigenvalue weighted by Gasteiger charge is 2.15. The van der Waals surface area contributed by atoms with Gasteiger partial charge in [-0.05, 0) is 42.9 Å². The monoisotopic (exact) mass is 396 g/mol. The number of carbonyl (C=O) groups excluding carboxylic acids is 1. The van der Waals surface area contributed by atoms with Gasteiger partial charge in [-0.15, -0.1) is 0 Å². The summed E-state index contributed by atoms with van der Waals surface area (Å²) in [5.74, 6) is 1.58. The lowest BCUT2D eigenvalue weighted by Gasteiger charge is -2.19. The first-order chi connectivity index (χ1) is 13.8. The maximum atomic E-state index is 12.1. The van der Waals surface area contributed by atoms with Gasteiger partial charge in [-0.2, -0.15) is 4.98 Å². The maximum Gasteiger partial charge on any atom is 0.319 e. The molecule has 1 fully saturated rings. The van der Waals surface area contributed by atoms with Crippen LogP contribution >= 0.6 is 0 Å². The average Bonchev–Trinajstić information content (AvgIpc) is 3.19. The molecule has 0 atom stereocenters. The number of hydrogen-bond acceptors (Lipinski definition) is 5. The van der Waals surface area contributed by atoms with E-state index in [4.69, 9.17) is 0 Å². The molecule has 2 aromatic rings. The summed E-state index contributed by atoms with van der Waals surface area (Å²) in [5, 5.41) is 8.91. The second kappa shape index (κ2) is 9.11. The zero-order chi connectivity index (χ0) is 20.9. The van der Waals surface area contributed by atoms with Crippen LogP contribution in [0.15, 0.2) is 30.3 Å². The van der Waals surface area contributed by atoms with Gasteiger partial charge in [0.25, 0.3) is 0 Å². The van der Waals surface area contributed by atoms with Crippen LogP contribution in [0.2, 0.25) is 0 Å². The first-order valence-corrected chi connectivity index (χ1v) is 10.3. The van der Waals surface area contributed by atoms with Crippen molar-refractivity contribution >= 4 is 23.5 Å². The molecule has 0 unspecified atom stereocenters. The Labute approximate surface area is 173 Å². The molecule has 1 aromatic heterocycles. The second-order valence-electron chi connectivity index (χ2n) is 8.52. The highest BCUT2D eigenvalue weighted by Crippen LogP contribution is 2.23. The van der Waals surface area contributed by atoms with Crippen molar-refractivity contribution in [3.63, 3.8) is 0 Å². The summed E-state index contributed by atoms with van der Waals surface area (Å²) in [7, 11) is 0. The van der Waals surface area contributed by atoms with Crippen LogP contribution in [0.1, 0.15) is 44.9 Å². The van der Waals surface area contributed by atoms with E-state index in [2.05, 4.69) is 51.6 Å². The third-order valence-corrected chi connectivity index (χ3v) is 4.97. The Balaban J connectivity index is 1.44. The van der Waals surface area contributed by atoms with Crippen LogP contribution in [-0.2, 0) is 5.41 Å². The van der Waals surface area contributed by atoms with Crippen LogP contribution in [0.5, 0.6) is 0 Å². The predicted octanol–water partition coefficient (Wildman–Crippen LogP) is 3.92. The highest BCUT2D eigenvalue weighted by molar-refractivity contribution is 5.89. The standard InChI is InChI=1S/C22H32N6O/c1-16-15-19(28-13-5-6-14-28)27-20(25-16)23-11-12-24-21(29)26-18-9-7-17(8-10-18)22(2,3)4/h7-10,15H,5-6,11-14H2,1-4H3,(H,23,25,27)(H2,24,26,29). The number of carbonyl (C=O) groups is 1. The van der Waals surface area contributed by atoms with E-state index in [1.165, 1.54) is 18.4 Å². The molecule has 29 heavy (non-hydrogen) atoms. The number of benzene rings is 1. The van der Waals surface area contributed by atoms with Crippen molar-refractivity contribution < 1.29 is 4.79 Å². The lowest BCUT2D eigenvalue weighted by Crippen LogP contribution is -2.33. The number of urea groups is 1. The molecule has 0 aliphatic carbocycles. The van der Waals surface area contributed by atoms with Gasteiger partial charge in [0.05, 0.1) is 0 Å². The van der Waals surface area contributed by atoms with Gasteiger partial charge in [0.1, 0.15) is 5.82 Å². The second-order valence-corrected chi connectivity index (χ2v) is 8.52. The first kappa shape index (κ1) is 20.9. The molecule has 0 spiro atoms. The minimum atomic E-state index is -0.224. The number of nitrogens with one attached hydrogen (secondary N) is 3. The van der Waals surface area contributed by atoms with E-state index >= 15 is 0 Å². The fourth-order valence-electron chi connectivity index (χ4n) is 3.32. The van der Waals surface area contributed by atoms with Crippen LogP contribution in [0, 0.1) is 6.92 Å². The lowest BCUT2D eigenvalue weighted by atomic mass is 9.87. The number of rotatable bonds is 6. The first-order valence-electron chi connectivity index (χ1n) is 10.3.